The van der Waals surface area contributed by atoms with Crippen molar-refractivity contribution in [2.75, 3.05) is 26.2 Å². The molecule has 0 amide bonds. The van der Waals surface area contributed by atoms with Gasteiger partial charge in [-0.1, -0.05) is 13.8 Å². The average Bonchev–Trinajstić information content (AvgIpc) is 2.23. The molecule has 0 aromatic rings. The third-order valence-electron chi connectivity index (χ3n) is 3.04. The maximum Gasteiger partial charge on any atom is 0.0443 e. The fourth-order valence-electron chi connectivity index (χ4n) is 1.68. The second-order valence-corrected chi connectivity index (χ2v) is 4.12. The largest absolute Gasteiger partial charge is 0.396 e. The van der Waals surface area contributed by atoms with Gasteiger partial charge in [0.25, 0.3) is 0 Å². The highest BCUT2D eigenvalue weighted by atomic mass is 16.3. The van der Waals surface area contributed by atoms with Crippen molar-refractivity contribution < 1.29 is 5.11 Å². The Morgan fingerprint density at radius 1 is 1.29 bits per heavy atom. The zero-order chi connectivity index (χ0) is 11.0. The summed E-state index contributed by atoms with van der Waals surface area (Å²) in [6.07, 6.45) is 3.05. The summed E-state index contributed by atoms with van der Waals surface area (Å²) in [6, 6.07) is 0. The van der Waals surface area contributed by atoms with Gasteiger partial charge in [-0.15, -0.1) is 0 Å². The zero-order valence-corrected chi connectivity index (χ0v) is 9.92. The molecule has 86 valence electrons. The molecule has 0 spiro atoms. The number of nitrogens with two attached hydrogens (primary N) is 1. The first-order valence-corrected chi connectivity index (χ1v) is 5.70. The topological polar surface area (TPSA) is 49.5 Å². The van der Waals surface area contributed by atoms with E-state index < -0.39 is 0 Å². The lowest BCUT2D eigenvalue weighted by Gasteiger charge is -2.40. The van der Waals surface area contributed by atoms with Gasteiger partial charge < -0.3 is 10.8 Å². The van der Waals surface area contributed by atoms with Crippen LogP contribution in [0.4, 0.5) is 0 Å². The summed E-state index contributed by atoms with van der Waals surface area (Å²) < 4.78 is 0. The van der Waals surface area contributed by atoms with Gasteiger partial charge in [0.1, 0.15) is 0 Å². The summed E-state index contributed by atoms with van der Waals surface area (Å²) in [5.41, 5.74) is 5.92. The molecule has 0 aromatic heterocycles. The fraction of sp³-hybridized carbons (Fsp3) is 1.00. The van der Waals surface area contributed by atoms with Crippen molar-refractivity contribution in [1.29, 1.82) is 0 Å². The first kappa shape index (κ1) is 13.9. The Labute approximate surface area is 88.3 Å². The van der Waals surface area contributed by atoms with Crippen LogP contribution in [-0.2, 0) is 0 Å². The molecule has 3 nitrogen and oxygen atoms in total. The van der Waals surface area contributed by atoms with Crippen LogP contribution in [-0.4, -0.2) is 41.8 Å². The van der Waals surface area contributed by atoms with E-state index in [1.165, 1.54) is 0 Å². The second-order valence-electron chi connectivity index (χ2n) is 4.12. The van der Waals surface area contributed by atoms with Gasteiger partial charge in [0.2, 0.25) is 0 Å². The van der Waals surface area contributed by atoms with Crippen molar-refractivity contribution >= 4 is 0 Å². The number of nitrogens with zero attached hydrogens (tertiary/aromatic N) is 1. The summed E-state index contributed by atoms with van der Waals surface area (Å²) in [5.74, 6) is 0. The Hall–Kier alpha value is -0.120. The van der Waals surface area contributed by atoms with Crippen molar-refractivity contribution in [1.82, 2.24) is 4.90 Å². The normalized spacial score (nSPS) is 15.9. The van der Waals surface area contributed by atoms with Crippen molar-refractivity contribution in [2.24, 2.45) is 5.73 Å². The molecule has 0 bridgehead atoms. The average molecular weight is 202 g/mol. The third kappa shape index (κ3) is 3.95. The lowest BCUT2D eigenvalue weighted by atomic mass is 9.96. The summed E-state index contributed by atoms with van der Waals surface area (Å²) >= 11 is 0. The molecule has 0 saturated heterocycles. The number of hydrogen-bond acceptors (Lipinski definition) is 3. The molecular weight excluding hydrogens is 176 g/mol. The SMILES string of the molecule is CCCN(CCCO)C(C)(CC)CN. The Bertz CT molecular complexity index is 135. The van der Waals surface area contributed by atoms with Crippen LogP contribution in [0.5, 0.6) is 0 Å². The zero-order valence-electron chi connectivity index (χ0n) is 9.92. The van der Waals surface area contributed by atoms with Gasteiger partial charge in [0.05, 0.1) is 0 Å². The highest BCUT2D eigenvalue weighted by molar-refractivity contribution is 4.85. The van der Waals surface area contributed by atoms with E-state index in [0.717, 1.165) is 32.4 Å². The molecule has 1 unspecified atom stereocenters. The Kier molecular flexibility index (Phi) is 7.15. The highest BCUT2D eigenvalue weighted by Crippen LogP contribution is 2.18. The predicted molar refractivity (Wildman–Crippen MR) is 61.3 cm³/mol. The lowest BCUT2D eigenvalue weighted by molar-refractivity contribution is 0.0962. The second kappa shape index (κ2) is 7.21. The minimum absolute atomic E-state index is 0.102. The standard InChI is InChI=1S/C11H26N2O/c1-4-7-13(8-6-9-14)11(3,5-2)10-12/h14H,4-10,12H2,1-3H3. The van der Waals surface area contributed by atoms with E-state index in [9.17, 15) is 0 Å². The van der Waals surface area contributed by atoms with Gasteiger partial charge in [-0.3, -0.25) is 4.90 Å². The molecule has 0 saturated carbocycles. The maximum absolute atomic E-state index is 8.84. The number of aliphatic hydroxyl groups is 1. The molecule has 0 aromatic carbocycles. The van der Waals surface area contributed by atoms with Crippen LogP contribution in [0.3, 0.4) is 0 Å². The van der Waals surface area contributed by atoms with Crippen molar-refractivity contribution in [3.63, 3.8) is 0 Å². The Balaban J connectivity index is 4.27. The van der Waals surface area contributed by atoms with E-state index in [0.29, 0.717) is 6.54 Å². The molecule has 0 aliphatic heterocycles. The molecule has 3 N–H and O–H groups in total. The maximum atomic E-state index is 8.84. The summed E-state index contributed by atoms with van der Waals surface area (Å²) in [7, 11) is 0. The molecular formula is C11H26N2O. The minimum atomic E-state index is 0.102. The molecule has 3 heteroatoms. The third-order valence-corrected chi connectivity index (χ3v) is 3.04. The van der Waals surface area contributed by atoms with E-state index in [-0.39, 0.29) is 12.1 Å². The van der Waals surface area contributed by atoms with Gasteiger partial charge in [-0.2, -0.15) is 0 Å². The van der Waals surface area contributed by atoms with Crippen molar-refractivity contribution in [3.8, 4) is 0 Å². The summed E-state index contributed by atoms with van der Waals surface area (Å²) in [4.78, 5) is 2.41. The summed E-state index contributed by atoms with van der Waals surface area (Å²) in [6.45, 7) is 9.54. The van der Waals surface area contributed by atoms with Crippen LogP contribution in [0.15, 0.2) is 0 Å². The van der Waals surface area contributed by atoms with Gasteiger partial charge in [-0.05, 0) is 32.7 Å². The molecule has 1 atom stereocenters. The van der Waals surface area contributed by atoms with E-state index in [1.54, 1.807) is 0 Å². The molecule has 0 heterocycles. The molecule has 0 aliphatic rings. The molecule has 0 radical (unpaired) electrons. The highest BCUT2D eigenvalue weighted by Gasteiger charge is 2.27. The monoisotopic (exact) mass is 202 g/mol. The van der Waals surface area contributed by atoms with Crippen molar-refractivity contribution in [3.05, 3.63) is 0 Å². The fourth-order valence-corrected chi connectivity index (χ4v) is 1.68. The van der Waals surface area contributed by atoms with E-state index in [1.807, 2.05) is 0 Å². The quantitative estimate of drug-likeness (QED) is 0.622. The van der Waals surface area contributed by atoms with Crippen LogP contribution in [0.25, 0.3) is 0 Å². The van der Waals surface area contributed by atoms with Crippen molar-refractivity contribution in [2.45, 2.75) is 45.6 Å². The van der Waals surface area contributed by atoms with Crippen LogP contribution >= 0.6 is 0 Å². The molecule has 14 heavy (non-hydrogen) atoms. The smallest absolute Gasteiger partial charge is 0.0443 e. The van der Waals surface area contributed by atoms with Crippen LogP contribution < -0.4 is 5.73 Å². The Morgan fingerprint density at radius 2 is 1.93 bits per heavy atom. The minimum Gasteiger partial charge on any atom is -0.396 e. The van der Waals surface area contributed by atoms with Gasteiger partial charge in [-0.25, -0.2) is 0 Å². The summed E-state index contributed by atoms with van der Waals surface area (Å²) in [5, 5.41) is 8.84. The number of aliphatic hydroxyl groups excluding tert-OH is 1. The lowest BCUT2D eigenvalue weighted by Crippen LogP contribution is -2.52. The number of hydrogen-bond donors (Lipinski definition) is 2. The first-order valence-electron chi connectivity index (χ1n) is 5.70. The van der Waals surface area contributed by atoms with Crippen LogP contribution in [0.2, 0.25) is 0 Å². The van der Waals surface area contributed by atoms with Gasteiger partial charge >= 0.3 is 0 Å². The van der Waals surface area contributed by atoms with E-state index in [4.69, 9.17) is 10.8 Å². The molecule has 0 rings (SSSR count). The van der Waals surface area contributed by atoms with E-state index >= 15 is 0 Å². The van der Waals surface area contributed by atoms with Crippen LogP contribution in [0.1, 0.15) is 40.0 Å². The molecule has 0 fully saturated rings. The Morgan fingerprint density at radius 3 is 2.29 bits per heavy atom. The first-order chi connectivity index (χ1) is 6.64. The molecule has 0 aliphatic carbocycles. The van der Waals surface area contributed by atoms with Gasteiger partial charge in [0.15, 0.2) is 0 Å². The predicted octanol–water partition coefficient (Wildman–Crippen LogP) is 1.21. The number of rotatable bonds is 8. The van der Waals surface area contributed by atoms with Gasteiger partial charge in [0, 0.05) is 25.2 Å². The van der Waals surface area contributed by atoms with Crippen LogP contribution in [0, 0.1) is 0 Å². The van der Waals surface area contributed by atoms with E-state index in [2.05, 4.69) is 25.7 Å².